The van der Waals surface area contributed by atoms with Gasteiger partial charge in [-0.1, -0.05) is 65.5 Å². The summed E-state index contributed by atoms with van der Waals surface area (Å²) in [6.07, 6.45) is 18.3. The zero-order valence-electron chi connectivity index (χ0n) is 29.2. The molecule has 0 spiro atoms. The van der Waals surface area contributed by atoms with Gasteiger partial charge in [-0.3, -0.25) is 9.59 Å². The lowest BCUT2D eigenvalue weighted by Gasteiger charge is -2.58. The SMILES string of the molecule is CC(C)CCCC(C)C1CCC2C3CC=C4CC(OC(=O)CCC(=O)N(CCCN)CCCN)CCC4(C)C3CCC12C.Cl.Cl. The summed E-state index contributed by atoms with van der Waals surface area (Å²) in [6, 6.07) is 0. The smallest absolute Gasteiger partial charge is 0.306 e. The Bertz CT molecular complexity index is 969. The van der Waals surface area contributed by atoms with E-state index < -0.39 is 0 Å². The average Bonchev–Trinajstić information content (AvgIpc) is 3.33. The van der Waals surface area contributed by atoms with E-state index in [1.165, 1.54) is 51.4 Å². The van der Waals surface area contributed by atoms with E-state index in [2.05, 4.69) is 40.7 Å². The molecule has 4 aliphatic rings. The fourth-order valence-corrected chi connectivity index (χ4v) is 10.3. The molecule has 0 aliphatic heterocycles. The molecule has 4 N–H and O–H groups in total. The molecule has 3 fully saturated rings. The first-order valence-corrected chi connectivity index (χ1v) is 18.1. The molecule has 0 radical (unpaired) electrons. The van der Waals surface area contributed by atoms with Gasteiger partial charge in [0.05, 0.1) is 6.42 Å². The first-order chi connectivity index (χ1) is 20.5. The van der Waals surface area contributed by atoms with Crippen LogP contribution in [-0.4, -0.2) is 49.1 Å². The van der Waals surface area contributed by atoms with Crippen LogP contribution in [0.15, 0.2) is 11.6 Å². The molecule has 0 heterocycles. The highest BCUT2D eigenvalue weighted by atomic mass is 35.5. The molecule has 1 amide bonds. The lowest BCUT2D eigenvalue weighted by Crippen LogP contribution is -2.51. The zero-order valence-corrected chi connectivity index (χ0v) is 30.8. The number of halogens is 2. The zero-order chi connectivity index (χ0) is 31.2. The van der Waals surface area contributed by atoms with E-state index in [9.17, 15) is 9.59 Å². The van der Waals surface area contributed by atoms with Crippen molar-refractivity contribution in [3.05, 3.63) is 11.6 Å². The first kappa shape index (κ1) is 40.4. The molecule has 0 aromatic carbocycles. The van der Waals surface area contributed by atoms with E-state index in [0.29, 0.717) is 31.6 Å². The number of amides is 1. The van der Waals surface area contributed by atoms with E-state index in [1.54, 1.807) is 10.5 Å². The number of esters is 1. The molecular formula is C37H67Cl2N3O3. The second kappa shape index (κ2) is 18.1. The van der Waals surface area contributed by atoms with Crippen molar-refractivity contribution >= 4 is 36.7 Å². The molecule has 0 bridgehead atoms. The number of nitrogens with zero attached hydrogens (tertiary/aromatic N) is 1. The maximum Gasteiger partial charge on any atom is 0.306 e. The van der Waals surface area contributed by atoms with Crippen LogP contribution in [0, 0.1) is 46.3 Å². The molecular weight excluding hydrogens is 605 g/mol. The Morgan fingerprint density at radius 2 is 1.60 bits per heavy atom. The van der Waals surface area contributed by atoms with Gasteiger partial charge >= 0.3 is 5.97 Å². The topological polar surface area (TPSA) is 98.7 Å². The molecule has 8 unspecified atom stereocenters. The van der Waals surface area contributed by atoms with Gasteiger partial charge in [0.2, 0.25) is 5.91 Å². The molecule has 8 atom stereocenters. The van der Waals surface area contributed by atoms with Crippen LogP contribution < -0.4 is 11.5 Å². The Labute approximate surface area is 287 Å². The van der Waals surface area contributed by atoms with Crippen LogP contribution in [0.2, 0.25) is 0 Å². The minimum Gasteiger partial charge on any atom is -0.462 e. The summed E-state index contributed by atoms with van der Waals surface area (Å²) >= 11 is 0. The number of hydrogen-bond acceptors (Lipinski definition) is 5. The maximum atomic E-state index is 12.8. The van der Waals surface area contributed by atoms with Crippen molar-refractivity contribution in [1.29, 1.82) is 0 Å². The number of nitrogens with two attached hydrogens (primary N) is 2. The molecule has 0 aromatic rings. The second-order valence-electron chi connectivity index (χ2n) is 15.8. The van der Waals surface area contributed by atoms with Gasteiger partial charge in [0, 0.05) is 25.9 Å². The van der Waals surface area contributed by atoms with Gasteiger partial charge in [0.1, 0.15) is 6.10 Å². The predicted molar refractivity (Wildman–Crippen MR) is 191 cm³/mol. The average molecular weight is 673 g/mol. The fourth-order valence-electron chi connectivity index (χ4n) is 10.3. The largest absolute Gasteiger partial charge is 0.462 e. The highest BCUT2D eigenvalue weighted by Crippen LogP contribution is 2.67. The van der Waals surface area contributed by atoms with Crippen molar-refractivity contribution in [2.45, 2.75) is 137 Å². The quantitative estimate of drug-likeness (QED) is 0.135. The molecule has 6 nitrogen and oxygen atoms in total. The van der Waals surface area contributed by atoms with Crippen LogP contribution in [0.3, 0.4) is 0 Å². The number of ether oxygens (including phenoxy) is 1. The van der Waals surface area contributed by atoms with E-state index in [0.717, 1.165) is 67.6 Å². The third-order valence-electron chi connectivity index (χ3n) is 12.7. The van der Waals surface area contributed by atoms with Crippen LogP contribution in [0.25, 0.3) is 0 Å². The van der Waals surface area contributed by atoms with Crippen molar-refractivity contribution in [2.24, 2.45) is 57.8 Å². The van der Waals surface area contributed by atoms with E-state index in [-0.39, 0.29) is 61.1 Å². The first-order valence-electron chi connectivity index (χ1n) is 18.1. The normalized spacial score (nSPS) is 32.6. The van der Waals surface area contributed by atoms with Crippen LogP contribution in [0.1, 0.15) is 131 Å². The molecule has 262 valence electrons. The van der Waals surface area contributed by atoms with Crippen LogP contribution in [0.4, 0.5) is 0 Å². The highest BCUT2D eigenvalue weighted by molar-refractivity contribution is 5.85. The lowest BCUT2D eigenvalue weighted by molar-refractivity contribution is -0.153. The third-order valence-corrected chi connectivity index (χ3v) is 12.7. The molecule has 45 heavy (non-hydrogen) atoms. The van der Waals surface area contributed by atoms with Crippen molar-refractivity contribution in [3.8, 4) is 0 Å². The Morgan fingerprint density at radius 3 is 2.24 bits per heavy atom. The summed E-state index contributed by atoms with van der Waals surface area (Å²) < 4.78 is 6.00. The van der Waals surface area contributed by atoms with Crippen LogP contribution >= 0.6 is 24.8 Å². The monoisotopic (exact) mass is 671 g/mol. The summed E-state index contributed by atoms with van der Waals surface area (Å²) in [5, 5.41) is 0. The van der Waals surface area contributed by atoms with Crippen LogP contribution in [0.5, 0.6) is 0 Å². The lowest BCUT2D eigenvalue weighted by atomic mass is 9.47. The van der Waals surface area contributed by atoms with Gasteiger partial charge in [0.25, 0.3) is 0 Å². The summed E-state index contributed by atoms with van der Waals surface area (Å²) in [7, 11) is 0. The summed E-state index contributed by atoms with van der Waals surface area (Å²) in [5.41, 5.74) is 13.6. The van der Waals surface area contributed by atoms with Gasteiger partial charge < -0.3 is 21.1 Å². The second-order valence-corrected chi connectivity index (χ2v) is 15.8. The number of carbonyl (C=O) groups excluding carboxylic acids is 2. The minimum absolute atomic E-state index is 0. The third kappa shape index (κ3) is 9.42. The molecule has 3 saturated carbocycles. The molecule has 0 saturated heterocycles. The predicted octanol–water partition coefficient (Wildman–Crippen LogP) is 8.09. The minimum atomic E-state index is -0.234. The number of allylic oxidation sites excluding steroid dienone is 1. The van der Waals surface area contributed by atoms with Gasteiger partial charge in [-0.2, -0.15) is 0 Å². The van der Waals surface area contributed by atoms with Gasteiger partial charge in [-0.25, -0.2) is 0 Å². The van der Waals surface area contributed by atoms with Crippen molar-refractivity contribution < 1.29 is 14.3 Å². The fraction of sp³-hybridized carbons (Fsp3) is 0.892. The van der Waals surface area contributed by atoms with Crippen molar-refractivity contribution in [2.75, 3.05) is 26.2 Å². The summed E-state index contributed by atoms with van der Waals surface area (Å²) in [4.78, 5) is 27.4. The maximum absolute atomic E-state index is 12.8. The number of rotatable bonds is 15. The standard InChI is InChI=1S/C37H65N3O3.2ClH/c1-26(2)9-6-10-27(3)31-13-14-32-30-12-11-28-25-29(17-19-36(28,4)33(30)18-20-37(31,32)5)43-35(42)16-15-34(41)40(23-7-21-38)24-8-22-39;;/h11,26-27,29-33H,6-10,12-25,38-39H2,1-5H3;2*1H. The Hall–Kier alpha value is -0.820. The molecule has 0 aromatic heterocycles. The van der Waals surface area contributed by atoms with Gasteiger partial charge in [-0.15, -0.1) is 24.8 Å². The van der Waals surface area contributed by atoms with E-state index in [4.69, 9.17) is 16.2 Å². The Balaban J connectivity index is 0.00000353. The highest BCUT2D eigenvalue weighted by Gasteiger charge is 2.59. The van der Waals surface area contributed by atoms with Gasteiger partial charge in [-0.05, 0) is 117 Å². The number of carbonyl (C=O) groups is 2. The summed E-state index contributed by atoms with van der Waals surface area (Å²) in [5.74, 6) is 4.75. The molecule has 8 heteroatoms. The van der Waals surface area contributed by atoms with Crippen molar-refractivity contribution in [1.82, 2.24) is 4.90 Å². The van der Waals surface area contributed by atoms with E-state index >= 15 is 0 Å². The van der Waals surface area contributed by atoms with Crippen molar-refractivity contribution in [3.63, 3.8) is 0 Å². The molecule has 4 rings (SSSR count). The van der Waals surface area contributed by atoms with E-state index in [1.807, 2.05) is 0 Å². The summed E-state index contributed by atoms with van der Waals surface area (Å²) in [6.45, 7) is 14.8. The number of fused-ring (bicyclic) bond motifs is 5. The van der Waals surface area contributed by atoms with Crippen LogP contribution in [-0.2, 0) is 14.3 Å². The van der Waals surface area contributed by atoms with Gasteiger partial charge in [0.15, 0.2) is 0 Å². The Kier molecular flexibility index (Phi) is 16.2. The number of hydrogen-bond donors (Lipinski definition) is 2. The Morgan fingerprint density at radius 1 is 0.911 bits per heavy atom. The molecule has 4 aliphatic carbocycles.